The van der Waals surface area contributed by atoms with Gasteiger partial charge in [0.15, 0.2) is 0 Å². The van der Waals surface area contributed by atoms with Gasteiger partial charge in [0.2, 0.25) is 5.91 Å². The second kappa shape index (κ2) is 5.25. The van der Waals surface area contributed by atoms with Gasteiger partial charge >= 0.3 is 0 Å². The molecule has 0 radical (unpaired) electrons. The van der Waals surface area contributed by atoms with Crippen LogP contribution in [0.3, 0.4) is 0 Å². The van der Waals surface area contributed by atoms with Gasteiger partial charge in [0.25, 0.3) is 5.92 Å². The standard InChI is InChI=1S/C14H18F2N2O/c1-10-3-5-11(6-4-10)8-18(2)13(19)12-7-14(15,16)9-17-12/h3-6,12,17H,7-9H2,1-2H3. The van der Waals surface area contributed by atoms with Crippen molar-refractivity contribution in [1.82, 2.24) is 10.2 Å². The number of likely N-dealkylation sites (N-methyl/N-ethyl adjacent to an activating group) is 1. The lowest BCUT2D eigenvalue weighted by molar-refractivity contribution is -0.132. The first-order valence-electron chi connectivity index (χ1n) is 6.29. The molecule has 5 heteroatoms. The Morgan fingerprint density at radius 1 is 1.42 bits per heavy atom. The van der Waals surface area contributed by atoms with E-state index in [-0.39, 0.29) is 5.91 Å². The van der Waals surface area contributed by atoms with Crippen molar-refractivity contribution < 1.29 is 13.6 Å². The van der Waals surface area contributed by atoms with Crippen molar-refractivity contribution in [3.63, 3.8) is 0 Å². The predicted molar refractivity (Wildman–Crippen MR) is 69.0 cm³/mol. The molecule has 1 fully saturated rings. The van der Waals surface area contributed by atoms with Crippen LogP contribution >= 0.6 is 0 Å². The summed E-state index contributed by atoms with van der Waals surface area (Å²) in [4.78, 5) is 13.5. The third-order valence-electron chi connectivity index (χ3n) is 3.32. The average molecular weight is 268 g/mol. The van der Waals surface area contributed by atoms with Crippen LogP contribution in [0.25, 0.3) is 0 Å². The van der Waals surface area contributed by atoms with Gasteiger partial charge in [0.1, 0.15) is 0 Å². The molecule has 0 bridgehead atoms. The highest BCUT2D eigenvalue weighted by Gasteiger charge is 2.43. The van der Waals surface area contributed by atoms with Crippen LogP contribution in [-0.2, 0) is 11.3 Å². The number of rotatable bonds is 3. The molecule has 1 N–H and O–H groups in total. The molecule has 1 aromatic rings. The summed E-state index contributed by atoms with van der Waals surface area (Å²) in [5, 5.41) is 2.58. The molecule has 1 atom stereocenters. The minimum Gasteiger partial charge on any atom is -0.340 e. The first-order valence-corrected chi connectivity index (χ1v) is 6.29. The van der Waals surface area contributed by atoms with E-state index in [1.165, 1.54) is 4.90 Å². The molecule has 19 heavy (non-hydrogen) atoms. The van der Waals surface area contributed by atoms with E-state index in [9.17, 15) is 13.6 Å². The normalized spacial score (nSPS) is 21.4. The molecule has 0 spiro atoms. The summed E-state index contributed by atoms with van der Waals surface area (Å²) in [6, 6.07) is 7.04. The molecule has 1 aromatic carbocycles. The Labute approximate surface area is 111 Å². The molecule has 0 aliphatic carbocycles. The van der Waals surface area contributed by atoms with Crippen LogP contribution in [-0.4, -0.2) is 36.4 Å². The number of hydrogen-bond acceptors (Lipinski definition) is 2. The Morgan fingerprint density at radius 2 is 2.05 bits per heavy atom. The van der Waals surface area contributed by atoms with Gasteiger partial charge in [0.05, 0.1) is 12.6 Å². The van der Waals surface area contributed by atoms with Gasteiger partial charge in [-0.3, -0.25) is 10.1 Å². The third kappa shape index (κ3) is 3.50. The summed E-state index contributed by atoms with van der Waals surface area (Å²) >= 11 is 0. The number of aryl methyl sites for hydroxylation is 1. The fourth-order valence-corrected chi connectivity index (χ4v) is 2.20. The van der Waals surface area contributed by atoms with Crippen molar-refractivity contribution >= 4 is 5.91 Å². The lowest BCUT2D eigenvalue weighted by atomic mass is 10.1. The first kappa shape index (κ1) is 13.9. The summed E-state index contributed by atoms with van der Waals surface area (Å²) in [5.74, 6) is -3.05. The summed E-state index contributed by atoms with van der Waals surface area (Å²) < 4.78 is 26.1. The van der Waals surface area contributed by atoms with Gasteiger partial charge in [-0.2, -0.15) is 0 Å². The van der Waals surface area contributed by atoms with E-state index in [0.29, 0.717) is 6.54 Å². The smallest absolute Gasteiger partial charge is 0.262 e. The molecule has 1 amide bonds. The average Bonchev–Trinajstić information content (AvgIpc) is 2.71. The van der Waals surface area contributed by atoms with Crippen LogP contribution in [0.15, 0.2) is 24.3 Å². The monoisotopic (exact) mass is 268 g/mol. The lowest BCUT2D eigenvalue weighted by Gasteiger charge is -2.21. The number of benzene rings is 1. The Hall–Kier alpha value is -1.49. The lowest BCUT2D eigenvalue weighted by Crippen LogP contribution is -2.41. The molecule has 1 aliphatic heterocycles. The maximum Gasteiger partial charge on any atom is 0.262 e. The fourth-order valence-electron chi connectivity index (χ4n) is 2.20. The maximum absolute atomic E-state index is 13.1. The predicted octanol–water partition coefficient (Wildman–Crippen LogP) is 1.95. The molecule has 3 nitrogen and oxygen atoms in total. The van der Waals surface area contributed by atoms with E-state index in [1.54, 1.807) is 7.05 Å². The zero-order valence-electron chi connectivity index (χ0n) is 11.1. The molecule has 2 rings (SSSR count). The molecule has 104 valence electrons. The number of carbonyl (C=O) groups excluding carboxylic acids is 1. The Morgan fingerprint density at radius 3 is 2.58 bits per heavy atom. The number of halogens is 2. The zero-order chi connectivity index (χ0) is 14.0. The van der Waals surface area contributed by atoms with Crippen LogP contribution in [0.1, 0.15) is 17.5 Å². The van der Waals surface area contributed by atoms with E-state index in [1.807, 2.05) is 31.2 Å². The highest BCUT2D eigenvalue weighted by molar-refractivity contribution is 5.82. The topological polar surface area (TPSA) is 32.3 Å². The molecule has 1 unspecified atom stereocenters. The van der Waals surface area contributed by atoms with Crippen LogP contribution in [0.2, 0.25) is 0 Å². The quantitative estimate of drug-likeness (QED) is 0.908. The van der Waals surface area contributed by atoms with Crippen LogP contribution < -0.4 is 5.32 Å². The highest BCUT2D eigenvalue weighted by atomic mass is 19.3. The van der Waals surface area contributed by atoms with Crippen LogP contribution in [0.5, 0.6) is 0 Å². The molecule has 0 aromatic heterocycles. The molecule has 1 saturated heterocycles. The van der Waals surface area contributed by atoms with Crippen molar-refractivity contribution in [2.24, 2.45) is 0 Å². The van der Waals surface area contributed by atoms with Crippen LogP contribution in [0.4, 0.5) is 8.78 Å². The third-order valence-corrected chi connectivity index (χ3v) is 3.32. The van der Waals surface area contributed by atoms with Crippen molar-refractivity contribution in [3.8, 4) is 0 Å². The van der Waals surface area contributed by atoms with Crippen molar-refractivity contribution in [2.45, 2.75) is 31.9 Å². The highest BCUT2D eigenvalue weighted by Crippen LogP contribution is 2.26. The number of alkyl halides is 2. The summed E-state index contributed by atoms with van der Waals surface area (Å²) in [7, 11) is 1.64. The van der Waals surface area contributed by atoms with Gasteiger partial charge in [-0.1, -0.05) is 29.8 Å². The number of nitrogens with zero attached hydrogens (tertiary/aromatic N) is 1. The van der Waals surface area contributed by atoms with E-state index in [4.69, 9.17) is 0 Å². The minimum absolute atomic E-state index is 0.280. The van der Waals surface area contributed by atoms with E-state index < -0.39 is 24.9 Å². The van der Waals surface area contributed by atoms with Gasteiger partial charge in [-0.05, 0) is 12.5 Å². The van der Waals surface area contributed by atoms with Gasteiger partial charge < -0.3 is 4.90 Å². The summed E-state index contributed by atoms with van der Waals surface area (Å²) in [5.41, 5.74) is 2.14. The Balaban J connectivity index is 1.94. The summed E-state index contributed by atoms with van der Waals surface area (Å²) in [6.45, 7) is 2.01. The fraction of sp³-hybridized carbons (Fsp3) is 0.500. The number of amides is 1. The van der Waals surface area contributed by atoms with Crippen molar-refractivity contribution in [1.29, 1.82) is 0 Å². The summed E-state index contributed by atoms with van der Waals surface area (Å²) in [6.07, 6.45) is -0.413. The first-order chi connectivity index (χ1) is 8.87. The van der Waals surface area contributed by atoms with Gasteiger partial charge in [-0.25, -0.2) is 8.78 Å². The molecular formula is C14H18F2N2O. The van der Waals surface area contributed by atoms with Gasteiger partial charge in [-0.15, -0.1) is 0 Å². The van der Waals surface area contributed by atoms with Crippen molar-refractivity contribution in [2.75, 3.05) is 13.6 Å². The second-order valence-electron chi connectivity index (χ2n) is 5.17. The number of hydrogen-bond donors (Lipinski definition) is 1. The minimum atomic E-state index is -2.77. The maximum atomic E-state index is 13.1. The largest absolute Gasteiger partial charge is 0.340 e. The molecule has 0 saturated carbocycles. The van der Waals surface area contributed by atoms with Crippen LogP contribution in [0, 0.1) is 6.92 Å². The van der Waals surface area contributed by atoms with E-state index in [0.717, 1.165) is 11.1 Å². The second-order valence-corrected chi connectivity index (χ2v) is 5.17. The molecule has 1 aliphatic rings. The Kier molecular flexibility index (Phi) is 3.85. The SMILES string of the molecule is Cc1ccc(CN(C)C(=O)C2CC(F)(F)CN2)cc1. The number of carbonyl (C=O) groups is 1. The molecule has 1 heterocycles. The molecular weight excluding hydrogens is 250 g/mol. The van der Waals surface area contributed by atoms with Crippen molar-refractivity contribution in [3.05, 3.63) is 35.4 Å². The zero-order valence-corrected chi connectivity index (χ0v) is 11.1. The van der Waals surface area contributed by atoms with Gasteiger partial charge in [0, 0.05) is 20.0 Å². The van der Waals surface area contributed by atoms with E-state index >= 15 is 0 Å². The van der Waals surface area contributed by atoms with E-state index in [2.05, 4.69) is 5.32 Å². The Bertz CT molecular complexity index is 459. The number of nitrogens with one attached hydrogen (secondary N) is 1.